The van der Waals surface area contributed by atoms with E-state index in [0.29, 0.717) is 34.3 Å². The number of amides is 2. The number of Topliss-reactive ketones (excluding diaryl/α,β-unsaturated/α-hetero) is 1. The van der Waals surface area contributed by atoms with E-state index in [4.69, 9.17) is 16.3 Å². The van der Waals surface area contributed by atoms with Crippen LogP contribution in [0.1, 0.15) is 53.7 Å². The summed E-state index contributed by atoms with van der Waals surface area (Å²) in [5.41, 5.74) is 2.89. The number of hydrogen-bond acceptors (Lipinski definition) is 5. The number of rotatable bonds is 10. The maximum Gasteiger partial charge on any atom is 0.251 e. The van der Waals surface area contributed by atoms with Gasteiger partial charge in [-0.25, -0.2) is 4.98 Å². The molecule has 0 radical (unpaired) electrons. The number of nitrogens with zero attached hydrogens (tertiary/aromatic N) is 2. The van der Waals surface area contributed by atoms with Crippen LogP contribution in [-0.4, -0.2) is 46.3 Å². The molecule has 2 aromatic carbocycles. The van der Waals surface area contributed by atoms with Crippen molar-refractivity contribution in [1.82, 2.24) is 20.2 Å². The second kappa shape index (κ2) is 11.9. The summed E-state index contributed by atoms with van der Waals surface area (Å²) in [6.07, 6.45) is 2.33. The van der Waals surface area contributed by atoms with Crippen molar-refractivity contribution in [3.05, 3.63) is 70.6 Å². The van der Waals surface area contributed by atoms with E-state index < -0.39 is 6.04 Å². The standard InChI is InChI=1S/C27H31ClN4O4/c1-16(2)36-24-11-10-20(13-22(24)28)27(35)30-21(14-25(34)29-4)12-18-6-8-19(9-7-18)23-15-32(5)26(31-23)17(3)33/h6-11,13,15-16,21H,12,14H2,1-5H3,(H,29,34)(H,30,35)/t21-/m0/s1. The van der Waals surface area contributed by atoms with Crippen LogP contribution in [0.15, 0.2) is 48.7 Å². The van der Waals surface area contributed by atoms with Crippen LogP contribution in [-0.2, 0) is 18.3 Å². The van der Waals surface area contributed by atoms with E-state index in [1.54, 1.807) is 36.9 Å². The third kappa shape index (κ3) is 6.95. The van der Waals surface area contributed by atoms with Gasteiger partial charge in [-0.2, -0.15) is 0 Å². The van der Waals surface area contributed by atoms with Gasteiger partial charge in [-0.3, -0.25) is 14.4 Å². The fourth-order valence-electron chi connectivity index (χ4n) is 3.79. The van der Waals surface area contributed by atoms with E-state index >= 15 is 0 Å². The monoisotopic (exact) mass is 510 g/mol. The van der Waals surface area contributed by atoms with E-state index in [-0.39, 0.29) is 30.1 Å². The fourth-order valence-corrected chi connectivity index (χ4v) is 4.01. The molecule has 9 heteroatoms. The van der Waals surface area contributed by atoms with Gasteiger partial charge in [0.05, 0.1) is 16.8 Å². The van der Waals surface area contributed by atoms with E-state index in [1.165, 1.54) is 6.92 Å². The quantitative estimate of drug-likeness (QED) is 0.398. The number of carbonyl (C=O) groups excluding carboxylic acids is 3. The molecule has 0 aliphatic heterocycles. The van der Waals surface area contributed by atoms with Gasteiger partial charge < -0.3 is 19.9 Å². The summed E-state index contributed by atoms with van der Waals surface area (Å²) in [7, 11) is 3.34. The summed E-state index contributed by atoms with van der Waals surface area (Å²) >= 11 is 6.29. The molecule has 1 heterocycles. The Morgan fingerprint density at radius 3 is 2.36 bits per heavy atom. The molecular formula is C27H31ClN4O4. The zero-order valence-electron chi connectivity index (χ0n) is 21.1. The zero-order chi connectivity index (χ0) is 26.4. The Balaban J connectivity index is 1.74. The lowest BCUT2D eigenvalue weighted by atomic mass is 10.0. The minimum atomic E-state index is -0.437. The normalized spacial score (nSPS) is 11.8. The number of carbonyl (C=O) groups is 3. The topological polar surface area (TPSA) is 102 Å². The Kier molecular flexibility index (Phi) is 8.88. The van der Waals surface area contributed by atoms with Crippen molar-refractivity contribution in [2.75, 3.05) is 7.05 Å². The average molecular weight is 511 g/mol. The van der Waals surface area contributed by atoms with E-state index in [9.17, 15) is 14.4 Å². The Bertz CT molecular complexity index is 1250. The van der Waals surface area contributed by atoms with Crippen molar-refractivity contribution in [3.63, 3.8) is 0 Å². The molecule has 3 aromatic rings. The number of halogens is 1. The number of hydrogen-bond donors (Lipinski definition) is 2. The molecule has 36 heavy (non-hydrogen) atoms. The Labute approximate surface area is 216 Å². The van der Waals surface area contributed by atoms with E-state index in [0.717, 1.165) is 11.1 Å². The van der Waals surface area contributed by atoms with Crippen molar-refractivity contribution < 1.29 is 19.1 Å². The molecule has 0 aliphatic rings. The van der Waals surface area contributed by atoms with Crippen LogP contribution >= 0.6 is 11.6 Å². The van der Waals surface area contributed by atoms with Crippen LogP contribution in [0.25, 0.3) is 11.3 Å². The maximum atomic E-state index is 12.9. The van der Waals surface area contributed by atoms with Crippen LogP contribution < -0.4 is 15.4 Å². The molecule has 0 unspecified atom stereocenters. The lowest BCUT2D eigenvalue weighted by molar-refractivity contribution is -0.121. The SMILES string of the molecule is CNC(=O)C[C@H](Cc1ccc(-c2cn(C)c(C(C)=O)n2)cc1)NC(=O)c1ccc(OC(C)C)c(Cl)c1. The van der Waals surface area contributed by atoms with Gasteiger partial charge in [0, 0.05) is 50.8 Å². The largest absolute Gasteiger partial charge is 0.489 e. The number of nitrogens with one attached hydrogen (secondary N) is 2. The van der Waals surface area contributed by atoms with Gasteiger partial charge in [0.1, 0.15) is 5.75 Å². The first-order chi connectivity index (χ1) is 17.1. The minimum Gasteiger partial charge on any atom is -0.489 e. The summed E-state index contributed by atoms with van der Waals surface area (Å²) in [5.74, 6) is 0.293. The highest BCUT2D eigenvalue weighted by Gasteiger charge is 2.19. The van der Waals surface area contributed by atoms with Crippen LogP contribution in [0.3, 0.4) is 0 Å². The average Bonchev–Trinajstić information content (AvgIpc) is 3.22. The molecule has 0 fully saturated rings. The molecule has 2 amide bonds. The molecule has 190 valence electrons. The van der Waals surface area contributed by atoms with Gasteiger partial charge in [-0.15, -0.1) is 0 Å². The van der Waals surface area contributed by atoms with Gasteiger partial charge in [-0.05, 0) is 44.0 Å². The Morgan fingerprint density at radius 2 is 1.81 bits per heavy atom. The predicted molar refractivity (Wildman–Crippen MR) is 140 cm³/mol. The smallest absolute Gasteiger partial charge is 0.251 e. The highest BCUT2D eigenvalue weighted by molar-refractivity contribution is 6.32. The first-order valence-electron chi connectivity index (χ1n) is 11.7. The van der Waals surface area contributed by atoms with Gasteiger partial charge >= 0.3 is 0 Å². The molecular weight excluding hydrogens is 480 g/mol. The maximum absolute atomic E-state index is 12.9. The first-order valence-corrected chi connectivity index (χ1v) is 12.1. The first kappa shape index (κ1) is 26.9. The van der Waals surface area contributed by atoms with Crippen molar-refractivity contribution in [3.8, 4) is 17.0 Å². The molecule has 1 aromatic heterocycles. The molecule has 0 aliphatic carbocycles. The third-order valence-corrected chi connectivity index (χ3v) is 5.82. The summed E-state index contributed by atoms with van der Waals surface area (Å²) in [4.78, 5) is 41.2. The summed E-state index contributed by atoms with van der Waals surface area (Å²) < 4.78 is 7.33. The molecule has 8 nitrogen and oxygen atoms in total. The fraction of sp³-hybridized carbons (Fsp3) is 0.333. The Morgan fingerprint density at radius 1 is 1.11 bits per heavy atom. The van der Waals surface area contributed by atoms with Crippen molar-refractivity contribution in [2.45, 2.75) is 45.8 Å². The van der Waals surface area contributed by atoms with Gasteiger partial charge in [0.15, 0.2) is 11.6 Å². The van der Waals surface area contributed by atoms with Crippen LogP contribution in [0.4, 0.5) is 0 Å². The highest BCUT2D eigenvalue weighted by Crippen LogP contribution is 2.26. The van der Waals surface area contributed by atoms with Crippen molar-refractivity contribution in [1.29, 1.82) is 0 Å². The number of aryl methyl sites for hydroxylation is 1. The predicted octanol–water partition coefficient (Wildman–Crippen LogP) is 4.21. The highest BCUT2D eigenvalue weighted by atomic mass is 35.5. The summed E-state index contributed by atoms with van der Waals surface area (Å²) in [6.45, 7) is 5.27. The second-order valence-electron chi connectivity index (χ2n) is 8.88. The van der Waals surface area contributed by atoms with Crippen LogP contribution in [0, 0.1) is 0 Å². The van der Waals surface area contributed by atoms with E-state index in [2.05, 4.69) is 15.6 Å². The van der Waals surface area contributed by atoms with Crippen LogP contribution in [0.2, 0.25) is 5.02 Å². The third-order valence-electron chi connectivity index (χ3n) is 5.53. The van der Waals surface area contributed by atoms with Crippen molar-refractivity contribution in [2.24, 2.45) is 7.05 Å². The number of ether oxygens (including phenoxy) is 1. The van der Waals surface area contributed by atoms with E-state index in [1.807, 2.05) is 44.3 Å². The lowest BCUT2D eigenvalue weighted by Gasteiger charge is -2.19. The minimum absolute atomic E-state index is 0.0423. The second-order valence-corrected chi connectivity index (χ2v) is 9.28. The molecule has 1 atom stereocenters. The summed E-state index contributed by atoms with van der Waals surface area (Å²) in [5, 5.41) is 5.91. The molecule has 0 bridgehead atoms. The number of aromatic nitrogens is 2. The summed E-state index contributed by atoms with van der Waals surface area (Å²) in [6, 6.07) is 12.1. The molecule has 2 N–H and O–H groups in total. The number of imidazole rings is 1. The molecule has 0 spiro atoms. The molecule has 0 saturated heterocycles. The van der Waals surface area contributed by atoms with Gasteiger partial charge in [-0.1, -0.05) is 35.9 Å². The van der Waals surface area contributed by atoms with Gasteiger partial charge in [0.25, 0.3) is 5.91 Å². The van der Waals surface area contributed by atoms with Gasteiger partial charge in [0.2, 0.25) is 5.91 Å². The number of benzene rings is 2. The number of ketones is 1. The Hall–Kier alpha value is -3.65. The van der Waals surface area contributed by atoms with Crippen molar-refractivity contribution >= 4 is 29.2 Å². The molecule has 0 saturated carbocycles. The van der Waals surface area contributed by atoms with Crippen LogP contribution in [0.5, 0.6) is 5.75 Å². The zero-order valence-corrected chi connectivity index (χ0v) is 21.8. The molecule has 3 rings (SSSR count). The lowest BCUT2D eigenvalue weighted by Crippen LogP contribution is -2.40.